The van der Waals surface area contributed by atoms with E-state index in [-0.39, 0.29) is 11.9 Å². The molecule has 1 N–H and O–H groups in total. The lowest BCUT2D eigenvalue weighted by atomic mass is 9.68. The van der Waals surface area contributed by atoms with Gasteiger partial charge in [-0.1, -0.05) is 29.8 Å². The Morgan fingerprint density at radius 3 is 2.36 bits per heavy atom. The van der Waals surface area contributed by atoms with Crippen molar-refractivity contribution in [3.05, 3.63) is 64.7 Å². The number of benzene rings is 2. The summed E-state index contributed by atoms with van der Waals surface area (Å²) in [6, 6.07) is 14.7. The minimum Gasteiger partial charge on any atom is -0.496 e. The van der Waals surface area contributed by atoms with Gasteiger partial charge in [-0.05, 0) is 74.8 Å². The van der Waals surface area contributed by atoms with Crippen molar-refractivity contribution in [2.45, 2.75) is 51.5 Å². The van der Waals surface area contributed by atoms with Gasteiger partial charge in [0.05, 0.1) is 7.11 Å². The van der Waals surface area contributed by atoms with Gasteiger partial charge in [0.2, 0.25) is 0 Å². The Morgan fingerprint density at radius 2 is 1.76 bits per heavy atom. The number of nitrogens with one attached hydrogen (secondary N) is 1. The molecule has 3 rings (SSSR count). The van der Waals surface area contributed by atoms with Crippen LogP contribution in [0, 0.1) is 6.92 Å². The zero-order valence-electron chi connectivity index (χ0n) is 15.5. The number of amides is 1. The Balaban J connectivity index is 1.75. The van der Waals surface area contributed by atoms with Crippen molar-refractivity contribution in [2.24, 2.45) is 0 Å². The maximum Gasteiger partial charge on any atom is 0.251 e. The molecule has 1 aliphatic rings. The number of hydrogen-bond donors (Lipinski definition) is 1. The molecule has 0 aromatic heterocycles. The summed E-state index contributed by atoms with van der Waals surface area (Å²) in [4.78, 5) is 12.3. The van der Waals surface area contributed by atoms with Crippen LogP contribution >= 0.6 is 0 Å². The predicted octanol–water partition coefficient (Wildman–Crippen LogP) is 4.80. The normalized spacial score (nSPS) is 19.4. The van der Waals surface area contributed by atoms with Crippen molar-refractivity contribution in [1.29, 1.82) is 0 Å². The van der Waals surface area contributed by atoms with Gasteiger partial charge < -0.3 is 10.1 Å². The van der Waals surface area contributed by atoms with E-state index in [0.717, 1.165) is 24.2 Å². The highest BCUT2D eigenvalue weighted by Crippen LogP contribution is 2.49. The first kappa shape index (κ1) is 17.5. The summed E-state index contributed by atoms with van der Waals surface area (Å²) >= 11 is 0. The fraction of sp³-hybridized carbons (Fsp3) is 0.409. The summed E-state index contributed by atoms with van der Waals surface area (Å²) in [5.74, 6) is 1.92. The summed E-state index contributed by atoms with van der Waals surface area (Å²) < 4.78 is 5.54. The number of methoxy groups -OCH3 is 1. The van der Waals surface area contributed by atoms with Crippen LogP contribution in [0.5, 0.6) is 5.75 Å². The van der Waals surface area contributed by atoms with E-state index in [1.54, 1.807) is 7.11 Å². The van der Waals surface area contributed by atoms with Crippen molar-refractivity contribution in [3.63, 3.8) is 0 Å². The van der Waals surface area contributed by atoms with Gasteiger partial charge >= 0.3 is 0 Å². The molecule has 0 saturated heterocycles. The molecule has 0 heterocycles. The molecule has 0 aliphatic heterocycles. The van der Waals surface area contributed by atoms with Crippen LogP contribution in [-0.4, -0.2) is 19.1 Å². The highest BCUT2D eigenvalue weighted by molar-refractivity contribution is 5.94. The SMILES string of the molecule is COc1ccc(C(=O)NC(C)C)cc1C1CC(c2ccc(C)cc2)C1. The highest BCUT2D eigenvalue weighted by Gasteiger charge is 2.33. The second kappa shape index (κ2) is 7.30. The van der Waals surface area contributed by atoms with Gasteiger partial charge in [-0.3, -0.25) is 4.79 Å². The lowest BCUT2D eigenvalue weighted by Gasteiger charge is -2.37. The van der Waals surface area contributed by atoms with E-state index in [0.29, 0.717) is 17.4 Å². The van der Waals surface area contributed by atoms with Crippen molar-refractivity contribution >= 4 is 5.91 Å². The van der Waals surface area contributed by atoms with Gasteiger partial charge in [-0.15, -0.1) is 0 Å². The van der Waals surface area contributed by atoms with Gasteiger partial charge in [0.25, 0.3) is 5.91 Å². The van der Waals surface area contributed by atoms with E-state index in [9.17, 15) is 4.79 Å². The predicted molar refractivity (Wildman–Crippen MR) is 101 cm³/mol. The summed E-state index contributed by atoms with van der Waals surface area (Å²) in [5, 5.41) is 2.96. The zero-order chi connectivity index (χ0) is 18.0. The molecule has 0 atom stereocenters. The van der Waals surface area contributed by atoms with Crippen LogP contribution in [-0.2, 0) is 0 Å². The van der Waals surface area contributed by atoms with Crippen LogP contribution in [0.2, 0.25) is 0 Å². The van der Waals surface area contributed by atoms with Crippen LogP contribution < -0.4 is 10.1 Å². The molecule has 25 heavy (non-hydrogen) atoms. The van der Waals surface area contributed by atoms with E-state index in [4.69, 9.17) is 4.74 Å². The molecule has 0 bridgehead atoms. The van der Waals surface area contributed by atoms with Crippen LogP contribution in [0.15, 0.2) is 42.5 Å². The van der Waals surface area contributed by atoms with Gasteiger partial charge in [-0.25, -0.2) is 0 Å². The van der Waals surface area contributed by atoms with Gasteiger partial charge in [0.1, 0.15) is 5.75 Å². The first-order chi connectivity index (χ1) is 12.0. The van der Waals surface area contributed by atoms with Crippen molar-refractivity contribution in [1.82, 2.24) is 5.32 Å². The van der Waals surface area contributed by atoms with E-state index in [2.05, 4.69) is 36.5 Å². The van der Waals surface area contributed by atoms with Gasteiger partial charge in [-0.2, -0.15) is 0 Å². The molecule has 132 valence electrons. The summed E-state index contributed by atoms with van der Waals surface area (Å²) in [5.41, 5.74) is 4.57. The monoisotopic (exact) mass is 337 g/mol. The Labute approximate surface area is 150 Å². The average Bonchev–Trinajstić information content (AvgIpc) is 2.54. The molecule has 3 heteroatoms. The molecule has 1 amide bonds. The third-order valence-corrected chi connectivity index (χ3v) is 5.04. The van der Waals surface area contributed by atoms with E-state index in [1.165, 1.54) is 11.1 Å². The average molecular weight is 337 g/mol. The Kier molecular flexibility index (Phi) is 5.12. The first-order valence-electron chi connectivity index (χ1n) is 9.03. The number of rotatable bonds is 5. The van der Waals surface area contributed by atoms with Crippen LogP contribution in [0.25, 0.3) is 0 Å². The fourth-order valence-electron chi connectivity index (χ4n) is 3.52. The minimum atomic E-state index is -0.0201. The van der Waals surface area contributed by atoms with E-state index < -0.39 is 0 Å². The number of hydrogen-bond acceptors (Lipinski definition) is 2. The lowest BCUT2D eigenvalue weighted by molar-refractivity contribution is 0.0943. The van der Waals surface area contributed by atoms with Crippen molar-refractivity contribution in [2.75, 3.05) is 7.11 Å². The fourth-order valence-corrected chi connectivity index (χ4v) is 3.52. The van der Waals surface area contributed by atoms with Crippen LogP contribution in [0.3, 0.4) is 0 Å². The number of carbonyl (C=O) groups excluding carboxylic acids is 1. The molecular formula is C22H27NO2. The first-order valence-corrected chi connectivity index (χ1v) is 9.03. The minimum absolute atomic E-state index is 0.0201. The molecule has 1 saturated carbocycles. The topological polar surface area (TPSA) is 38.3 Å². The maximum absolute atomic E-state index is 12.3. The van der Waals surface area contributed by atoms with Crippen molar-refractivity contribution in [3.8, 4) is 5.75 Å². The lowest BCUT2D eigenvalue weighted by Crippen LogP contribution is -2.30. The smallest absolute Gasteiger partial charge is 0.251 e. The Morgan fingerprint density at radius 1 is 1.08 bits per heavy atom. The molecule has 0 spiro atoms. The van der Waals surface area contributed by atoms with Gasteiger partial charge in [0, 0.05) is 11.6 Å². The molecular weight excluding hydrogens is 310 g/mol. The number of ether oxygens (including phenoxy) is 1. The summed E-state index contributed by atoms with van der Waals surface area (Å²) in [7, 11) is 1.70. The van der Waals surface area contributed by atoms with E-state index in [1.807, 2.05) is 32.0 Å². The second-order valence-electron chi connectivity index (χ2n) is 7.36. The van der Waals surface area contributed by atoms with Crippen LogP contribution in [0.1, 0.15) is 65.6 Å². The Bertz CT molecular complexity index is 743. The van der Waals surface area contributed by atoms with E-state index >= 15 is 0 Å². The molecule has 2 aromatic rings. The third kappa shape index (κ3) is 3.87. The molecule has 1 fully saturated rings. The molecule has 3 nitrogen and oxygen atoms in total. The molecule has 1 aliphatic carbocycles. The molecule has 0 radical (unpaired) electrons. The standard InChI is InChI=1S/C22H27NO2/c1-14(2)23-22(24)17-9-10-21(25-4)20(13-17)19-11-18(12-19)16-7-5-15(3)6-8-16/h5-10,13-14,18-19H,11-12H2,1-4H3,(H,23,24). The maximum atomic E-state index is 12.3. The second-order valence-corrected chi connectivity index (χ2v) is 7.36. The van der Waals surface area contributed by atoms with Crippen LogP contribution in [0.4, 0.5) is 0 Å². The number of aryl methyl sites for hydroxylation is 1. The van der Waals surface area contributed by atoms with Crippen molar-refractivity contribution < 1.29 is 9.53 Å². The molecule has 0 unspecified atom stereocenters. The summed E-state index contributed by atoms with van der Waals surface area (Å²) in [6.07, 6.45) is 2.21. The molecule has 2 aromatic carbocycles. The number of carbonyl (C=O) groups is 1. The largest absolute Gasteiger partial charge is 0.496 e. The Hall–Kier alpha value is -2.29. The third-order valence-electron chi connectivity index (χ3n) is 5.04. The zero-order valence-corrected chi connectivity index (χ0v) is 15.5. The van der Waals surface area contributed by atoms with Gasteiger partial charge in [0.15, 0.2) is 0 Å². The summed E-state index contributed by atoms with van der Waals surface area (Å²) in [6.45, 7) is 6.06. The quantitative estimate of drug-likeness (QED) is 0.851. The highest BCUT2D eigenvalue weighted by atomic mass is 16.5.